The third-order valence-electron chi connectivity index (χ3n) is 4.84. The lowest BCUT2D eigenvalue weighted by Gasteiger charge is -2.28. The number of carbonyl (C=O) groups excluding carboxylic acids is 2. The molecule has 2 bridgehead atoms. The predicted molar refractivity (Wildman–Crippen MR) is 87.0 cm³/mol. The lowest BCUT2D eigenvalue weighted by atomic mass is 10.1. The van der Waals surface area contributed by atoms with Crippen LogP contribution in [0.1, 0.15) is 22.0 Å². The molecular weight excluding hydrogens is 324 g/mol. The summed E-state index contributed by atoms with van der Waals surface area (Å²) in [4.78, 5) is 37.3. The van der Waals surface area contributed by atoms with E-state index in [1.807, 2.05) is 19.9 Å². The van der Waals surface area contributed by atoms with Crippen LogP contribution in [0.25, 0.3) is 5.78 Å². The predicted octanol–water partition coefficient (Wildman–Crippen LogP) is -0.330. The molecule has 132 valence electrons. The van der Waals surface area contributed by atoms with Crippen molar-refractivity contribution < 1.29 is 14.3 Å². The summed E-state index contributed by atoms with van der Waals surface area (Å²) in [5.74, 6) is -0.0818. The number of rotatable bonds is 1. The summed E-state index contributed by atoms with van der Waals surface area (Å²) >= 11 is 0. The van der Waals surface area contributed by atoms with E-state index in [1.54, 1.807) is 21.4 Å². The topological polar surface area (TPSA) is 92.9 Å². The van der Waals surface area contributed by atoms with Crippen molar-refractivity contribution in [3.63, 3.8) is 0 Å². The molecule has 2 atom stereocenters. The van der Waals surface area contributed by atoms with E-state index in [2.05, 4.69) is 15.1 Å². The van der Waals surface area contributed by atoms with Gasteiger partial charge in [0.05, 0.1) is 25.2 Å². The molecule has 2 aromatic heterocycles. The van der Waals surface area contributed by atoms with Gasteiger partial charge in [-0.15, -0.1) is 5.10 Å². The molecule has 25 heavy (non-hydrogen) atoms. The molecule has 2 fully saturated rings. The number of nitrogens with zero attached hydrogens (tertiary/aromatic N) is 6. The molecule has 0 aromatic carbocycles. The summed E-state index contributed by atoms with van der Waals surface area (Å²) in [6.45, 7) is 5.27. The van der Waals surface area contributed by atoms with E-state index in [9.17, 15) is 9.59 Å². The molecule has 0 spiro atoms. The van der Waals surface area contributed by atoms with Gasteiger partial charge < -0.3 is 14.5 Å². The molecule has 9 nitrogen and oxygen atoms in total. The van der Waals surface area contributed by atoms with Gasteiger partial charge in [-0.2, -0.15) is 4.98 Å². The Kier molecular flexibility index (Phi) is 3.68. The first-order valence-corrected chi connectivity index (χ1v) is 8.28. The Balaban J connectivity index is 1.67. The fourth-order valence-corrected chi connectivity index (χ4v) is 3.46. The molecule has 4 heterocycles. The Bertz CT molecular complexity index is 863. The maximum absolute atomic E-state index is 13.0. The van der Waals surface area contributed by atoms with Crippen LogP contribution in [0, 0.1) is 19.8 Å². The van der Waals surface area contributed by atoms with Crippen LogP contribution in [-0.2, 0) is 9.53 Å². The Labute approximate surface area is 144 Å². The van der Waals surface area contributed by atoms with Crippen molar-refractivity contribution in [1.29, 1.82) is 0 Å². The number of fused-ring (bicyclic) bond motifs is 4. The van der Waals surface area contributed by atoms with E-state index >= 15 is 0 Å². The van der Waals surface area contributed by atoms with Crippen LogP contribution >= 0.6 is 0 Å². The molecule has 0 aliphatic carbocycles. The normalized spacial score (nSPS) is 23.9. The van der Waals surface area contributed by atoms with Crippen molar-refractivity contribution in [2.24, 2.45) is 5.92 Å². The molecule has 0 N–H and O–H groups in total. The van der Waals surface area contributed by atoms with Gasteiger partial charge in [0.2, 0.25) is 11.7 Å². The van der Waals surface area contributed by atoms with Crippen molar-refractivity contribution in [3.8, 4) is 0 Å². The summed E-state index contributed by atoms with van der Waals surface area (Å²) in [6.07, 6.45) is 0. The van der Waals surface area contributed by atoms with Crippen molar-refractivity contribution in [1.82, 2.24) is 29.4 Å². The molecular formula is C16H20N6O3. The van der Waals surface area contributed by atoms with E-state index in [0.717, 1.165) is 11.4 Å². The summed E-state index contributed by atoms with van der Waals surface area (Å²) in [5.41, 5.74) is 1.69. The second kappa shape index (κ2) is 5.76. The van der Waals surface area contributed by atoms with Crippen LogP contribution in [0.15, 0.2) is 6.07 Å². The van der Waals surface area contributed by atoms with Crippen LogP contribution < -0.4 is 0 Å². The average Bonchev–Trinajstić information content (AvgIpc) is 2.87. The first-order chi connectivity index (χ1) is 11.9. The molecule has 2 aliphatic rings. The van der Waals surface area contributed by atoms with Crippen molar-refractivity contribution >= 4 is 17.6 Å². The summed E-state index contributed by atoms with van der Waals surface area (Å²) < 4.78 is 7.14. The van der Waals surface area contributed by atoms with Gasteiger partial charge in [-0.25, -0.2) is 9.50 Å². The fraction of sp³-hybridized carbons (Fsp3) is 0.562. The number of aryl methyl sites for hydroxylation is 2. The molecule has 2 aliphatic heterocycles. The van der Waals surface area contributed by atoms with E-state index < -0.39 is 0 Å². The summed E-state index contributed by atoms with van der Waals surface area (Å²) in [5, 5.41) is 4.31. The molecule has 9 heteroatoms. The van der Waals surface area contributed by atoms with Gasteiger partial charge >= 0.3 is 0 Å². The highest BCUT2D eigenvalue weighted by atomic mass is 16.5. The highest BCUT2D eigenvalue weighted by Crippen LogP contribution is 2.20. The quantitative estimate of drug-likeness (QED) is 0.703. The fourth-order valence-electron chi connectivity index (χ4n) is 3.46. The lowest BCUT2D eigenvalue weighted by Crippen LogP contribution is -2.45. The third-order valence-corrected chi connectivity index (χ3v) is 4.84. The van der Waals surface area contributed by atoms with Crippen molar-refractivity contribution in [2.75, 3.05) is 33.4 Å². The Morgan fingerprint density at radius 2 is 2.04 bits per heavy atom. The number of hydrogen-bond donors (Lipinski definition) is 0. The van der Waals surface area contributed by atoms with E-state index in [0.29, 0.717) is 32.1 Å². The zero-order valence-electron chi connectivity index (χ0n) is 14.5. The monoisotopic (exact) mass is 344 g/mol. The van der Waals surface area contributed by atoms with Crippen LogP contribution in [0.3, 0.4) is 0 Å². The van der Waals surface area contributed by atoms with Gasteiger partial charge in [-0.3, -0.25) is 9.59 Å². The molecule has 0 radical (unpaired) electrons. The number of hydrogen-bond acceptors (Lipinski definition) is 6. The number of aromatic nitrogens is 4. The molecule has 4 rings (SSSR count). The zero-order chi connectivity index (χ0) is 17.7. The lowest BCUT2D eigenvalue weighted by molar-refractivity contribution is -0.133. The average molecular weight is 344 g/mol. The SMILES string of the molecule is Cc1cc(C)n2nc(C(=O)N3C[C@@H]4COC[C@H](C3)N(C)C4=O)nc2n1. The Morgan fingerprint density at radius 3 is 2.84 bits per heavy atom. The van der Waals surface area contributed by atoms with Crippen molar-refractivity contribution in [2.45, 2.75) is 19.9 Å². The van der Waals surface area contributed by atoms with E-state index in [1.165, 1.54) is 0 Å². The van der Waals surface area contributed by atoms with E-state index in [4.69, 9.17) is 4.74 Å². The largest absolute Gasteiger partial charge is 0.378 e. The first kappa shape index (κ1) is 15.9. The highest BCUT2D eigenvalue weighted by molar-refractivity contribution is 5.92. The van der Waals surface area contributed by atoms with E-state index in [-0.39, 0.29) is 29.6 Å². The van der Waals surface area contributed by atoms with Crippen LogP contribution in [0.2, 0.25) is 0 Å². The van der Waals surface area contributed by atoms with Crippen molar-refractivity contribution in [3.05, 3.63) is 23.3 Å². The first-order valence-electron chi connectivity index (χ1n) is 8.28. The molecule has 0 unspecified atom stereocenters. The number of amides is 2. The number of likely N-dealkylation sites (N-methyl/N-ethyl adjacent to an activating group) is 1. The Hall–Kier alpha value is -2.55. The van der Waals surface area contributed by atoms with Crippen LogP contribution in [-0.4, -0.2) is 80.6 Å². The molecule has 0 saturated carbocycles. The minimum atomic E-state index is -0.347. The second-order valence-corrected chi connectivity index (χ2v) is 6.73. The van der Waals surface area contributed by atoms with Gasteiger partial charge in [0.1, 0.15) is 0 Å². The standard InChI is InChI=1S/C16H20N6O3/c1-9-4-10(2)22-16(17-9)18-13(19-22)15(24)21-5-11-7-25-8-12(6-21)20(3)14(11)23/h4,11-12H,5-8H2,1-3H3/t11-,12+/m1/s1. The smallest absolute Gasteiger partial charge is 0.293 e. The number of carbonyl (C=O) groups is 2. The number of ether oxygens (including phenoxy) is 1. The maximum Gasteiger partial charge on any atom is 0.293 e. The van der Waals surface area contributed by atoms with Crippen LogP contribution in [0.5, 0.6) is 0 Å². The molecule has 2 aromatic rings. The summed E-state index contributed by atoms with van der Waals surface area (Å²) in [7, 11) is 1.77. The van der Waals surface area contributed by atoms with Crippen LogP contribution in [0.4, 0.5) is 0 Å². The minimum absolute atomic E-state index is 0.0221. The summed E-state index contributed by atoms with van der Waals surface area (Å²) in [6, 6.07) is 1.74. The third kappa shape index (κ3) is 2.64. The second-order valence-electron chi connectivity index (χ2n) is 6.73. The Morgan fingerprint density at radius 1 is 1.24 bits per heavy atom. The van der Waals surface area contributed by atoms with Gasteiger partial charge in [0, 0.05) is 31.5 Å². The highest BCUT2D eigenvalue weighted by Gasteiger charge is 2.39. The van der Waals surface area contributed by atoms with Gasteiger partial charge in [-0.1, -0.05) is 0 Å². The molecule has 2 saturated heterocycles. The van der Waals surface area contributed by atoms with Gasteiger partial charge in [-0.05, 0) is 19.9 Å². The van der Waals surface area contributed by atoms with Gasteiger partial charge in [0.25, 0.3) is 11.7 Å². The minimum Gasteiger partial charge on any atom is -0.378 e. The molecule has 2 amide bonds. The van der Waals surface area contributed by atoms with Gasteiger partial charge in [0.15, 0.2) is 0 Å². The maximum atomic E-state index is 13.0. The zero-order valence-corrected chi connectivity index (χ0v) is 14.5.